The normalized spacial score (nSPS) is 10.7. The molecule has 29 heavy (non-hydrogen) atoms. The summed E-state index contributed by atoms with van der Waals surface area (Å²) in [6, 6.07) is 4.85. The van der Waals surface area contributed by atoms with Gasteiger partial charge in [0.1, 0.15) is 17.3 Å². The highest BCUT2D eigenvalue weighted by Crippen LogP contribution is 2.24. The smallest absolute Gasteiger partial charge is 0.256 e. The first-order valence-electron chi connectivity index (χ1n) is 8.21. The number of carbonyl (C=O) groups is 1. The molecule has 2 aromatic carbocycles. The van der Waals surface area contributed by atoms with Crippen LogP contribution in [-0.4, -0.2) is 29.9 Å². The molecule has 1 amide bonds. The monoisotopic (exact) mass is 409 g/mol. The number of nitrogens with zero attached hydrogens (tertiary/aromatic N) is 2. The average molecular weight is 409 g/mol. The van der Waals surface area contributed by atoms with Crippen molar-refractivity contribution < 1.29 is 31.8 Å². The maximum absolute atomic E-state index is 13.8. The highest BCUT2D eigenvalue weighted by Gasteiger charge is 2.20. The second kappa shape index (κ2) is 8.21. The first-order valence-corrected chi connectivity index (χ1v) is 8.21. The molecule has 3 rings (SSSR count). The van der Waals surface area contributed by atoms with Crippen molar-refractivity contribution in [2.75, 3.05) is 19.5 Å². The van der Waals surface area contributed by atoms with Gasteiger partial charge in [-0.25, -0.2) is 17.6 Å². The van der Waals surface area contributed by atoms with Gasteiger partial charge in [-0.2, -0.15) is 5.10 Å². The number of carbonyl (C=O) groups excluding carboxylic acids is 1. The summed E-state index contributed by atoms with van der Waals surface area (Å²) in [6.45, 7) is -0.502. The Balaban J connectivity index is 1.78. The zero-order chi connectivity index (χ0) is 21.1. The number of hydrogen-bond donors (Lipinski definition) is 1. The number of methoxy groups -OCH3 is 2. The quantitative estimate of drug-likeness (QED) is 0.383. The third kappa shape index (κ3) is 4.31. The third-order valence-corrected chi connectivity index (χ3v) is 4.03. The van der Waals surface area contributed by atoms with Gasteiger partial charge in [-0.1, -0.05) is 0 Å². The van der Waals surface area contributed by atoms with E-state index in [1.54, 1.807) is 6.07 Å². The fourth-order valence-electron chi connectivity index (χ4n) is 2.57. The van der Waals surface area contributed by atoms with Gasteiger partial charge in [0.05, 0.1) is 32.6 Å². The van der Waals surface area contributed by atoms with Crippen molar-refractivity contribution >= 4 is 11.6 Å². The molecule has 1 aromatic heterocycles. The highest BCUT2D eigenvalue weighted by atomic mass is 19.2. The molecule has 1 heterocycles. The molecular formula is C19H15F4N3O3. The van der Waals surface area contributed by atoms with Gasteiger partial charge in [0.2, 0.25) is 0 Å². The Labute approximate surface area is 162 Å². The van der Waals surface area contributed by atoms with Crippen LogP contribution in [0, 0.1) is 23.3 Å². The van der Waals surface area contributed by atoms with Crippen LogP contribution in [0.3, 0.4) is 0 Å². The van der Waals surface area contributed by atoms with Gasteiger partial charge in [-0.15, -0.1) is 0 Å². The number of halogens is 4. The molecule has 0 fully saturated rings. The molecule has 0 radical (unpaired) electrons. The summed E-state index contributed by atoms with van der Waals surface area (Å²) < 4.78 is 65.2. The SMILES string of the molecule is COc1cc(OC)cc(C(=O)Nc2cnn(Cc3c(F)cc(F)c(F)c3F)c2)c1. The van der Waals surface area contributed by atoms with E-state index in [4.69, 9.17) is 9.47 Å². The molecule has 0 saturated heterocycles. The van der Waals surface area contributed by atoms with Gasteiger partial charge in [0.15, 0.2) is 17.5 Å². The zero-order valence-electron chi connectivity index (χ0n) is 15.3. The molecule has 6 nitrogen and oxygen atoms in total. The second-order valence-corrected chi connectivity index (χ2v) is 5.93. The molecule has 0 aliphatic heterocycles. The maximum atomic E-state index is 13.8. The molecule has 10 heteroatoms. The molecule has 0 spiro atoms. The fraction of sp³-hybridized carbons (Fsp3) is 0.158. The Kier molecular flexibility index (Phi) is 5.71. The number of nitrogens with one attached hydrogen (secondary N) is 1. The van der Waals surface area contributed by atoms with Crippen LogP contribution in [0.4, 0.5) is 23.2 Å². The summed E-state index contributed by atoms with van der Waals surface area (Å²) in [4.78, 5) is 12.4. The predicted octanol–water partition coefficient (Wildman–Crippen LogP) is 3.76. The van der Waals surface area contributed by atoms with Crippen LogP contribution in [0.1, 0.15) is 15.9 Å². The number of hydrogen-bond acceptors (Lipinski definition) is 4. The van der Waals surface area contributed by atoms with Crippen LogP contribution in [0.15, 0.2) is 36.7 Å². The third-order valence-electron chi connectivity index (χ3n) is 4.03. The molecule has 152 valence electrons. The van der Waals surface area contributed by atoms with Crippen molar-refractivity contribution in [2.24, 2.45) is 0 Å². The number of aromatic nitrogens is 2. The van der Waals surface area contributed by atoms with Crippen molar-refractivity contribution in [3.8, 4) is 11.5 Å². The molecular weight excluding hydrogens is 394 g/mol. The molecule has 1 N–H and O–H groups in total. The van der Waals surface area contributed by atoms with Crippen molar-refractivity contribution in [3.63, 3.8) is 0 Å². The molecule has 0 bridgehead atoms. The fourth-order valence-corrected chi connectivity index (χ4v) is 2.57. The van der Waals surface area contributed by atoms with Gasteiger partial charge >= 0.3 is 0 Å². The van der Waals surface area contributed by atoms with Crippen molar-refractivity contribution in [2.45, 2.75) is 6.54 Å². The molecule has 0 atom stereocenters. The Bertz CT molecular complexity index is 1050. The van der Waals surface area contributed by atoms with Gasteiger partial charge < -0.3 is 14.8 Å². The standard InChI is InChI=1S/C19H15F4N3O3/c1-28-12-3-10(4-13(5-12)29-2)19(27)25-11-7-24-26(8-11)9-14-15(20)6-16(21)18(23)17(14)22/h3-8H,9H2,1-2H3,(H,25,27). The van der Waals surface area contributed by atoms with Crippen LogP contribution in [0.5, 0.6) is 11.5 Å². The van der Waals surface area contributed by atoms with E-state index in [1.807, 2.05) is 0 Å². The lowest BCUT2D eigenvalue weighted by molar-refractivity contribution is 0.102. The summed E-state index contributed by atoms with van der Waals surface area (Å²) in [6.07, 6.45) is 2.53. The highest BCUT2D eigenvalue weighted by molar-refractivity contribution is 6.04. The Hall–Kier alpha value is -3.56. The lowest BCUT2D eigenvalue weighted by atomic mass is 10.2. The predicted molar refractivity (Wildman–Crippen MR) is 95.1 cm³/mol. The molecule has 3 aromatic rings. The first-order chi connectivity index (χ1) is 13.8. The van der Waals surface area contributed by atoms with Gasteiger partial charge in [-0.05, 0) is 12.1 Å². The van der Waals surface area contributed by atoms with E-state index in [1.165, 1.54) is 38.7 Å². The van der Waals surface area contributed by atoms with E-state index < -0.39 is 41.3 Å². The Morgan fingerprint density at radius 2 is 1.66 bits per heavy atom. The topological polar surface area (TPSA) is 65.4 Å². The van der Waals surface area contributed by atoms with Crippen molar-refractivity contribution in [1.82, 2.24) is 9.78 Å². The minimum absolute atomic E-state index is 0.222. The van der Waals surface area contributed by atoms with Crippen LogP contribution in [0.25, 0.3) is 0 Å². The summed E-state index contributed by atoms with van der Waals surface area (Å²) in [7, 11) is 2.88. The van der Waals surface area contributed by atoms with E-state index >= 15 is 0 Å². The van der Waals surface area contributed by atoms with E-state index in [-0.39, 0.29) is 17.3 Å². The first kappa shape index (κ1) is 20.2. The van der Waals surface area contributed by atoms with Gasteiger partial charge in [-0.3, -0.25) is 9.48 Å². The van der Waals surface area contributed by atoms with E-state index in [9.17, 15) is 22.4 Å². The number of ether oxygens (including phenoxy) is 2. The summed E-state index contributed by atoms with van der Waals surface area (Å²) in [5.41, 5.74) is -0.228. The lowest BCUT2D eigenvalue weighted by Crippen LogP contribution is -2.12. The summed E-state index contributed by atoms with van der Waals surface area (Å²) in [5, 5.41) is 6.42. The number of amides is 1. The van der Waals surface area contributed by atoms with Crippen LogP contribution < -0.4 is 14.8 Å². The molecule has 0 saturated carbocycles. The lowest BCUT2D eigenvalue weighted by Gasteiger charge is -2.08. The Morgan fingerprint density at radius 3 is 2.28 bits per heavy atom. The summed E-state index contributed by atoms with van der Waals surface area (Å²) in [5.74, 6) is -5.95. The maximum Gasteiger partial charge on any atom is 0.256 e. The zero-order valence-corrected chi connectivity index (χ0v) is 15.3. The van der Waals surface area contributed by atoms with Crippen LogP contribution in [-0.2, 0) is 6.54 Å². The van der Waals surface area contributed by atoms with Crippen LogP contribution >= 0.6 is 0 Å². The van der Waals surface area contributed by atoms with Crippen molar-refractivity contribution in [3.05, 3.63) is 71.1 Å². The number of rotatable bonds is 6. The largest absolute Gasteiger partial charge is 0.497 e. The Morgan fingerprint density at radius 1 is 1.00 bits per heavy atom. The minimum Gasteiger partial charge on any atom is -0.497 e. The van der Waals surface area contributed by atoms with Crippen molar-refractivity contribution in [1.29, 1.82) is 0 Å². The summed E-state index contributed by atoms with van der Waals surface area (Å²) >= 11 is 0. The molecule has 0 unspecified atom stereocenters. The van der Waals surface area contributed by atoms with Crippen LogP contribution in [0.2, 0.25) is 0 Å². The van der Waals surface area contributed by atoms with E-state index in [0.717, 1.165) is 4.68 Å². The minimum atomic E-state index is -1.77. The van der Waals surface area contributed by atoms with Gasteiger partial charge in [0.25, 0.3) is 5.91 Å². The van der Waals surface area contributed by atoms with Gasteiger partial charge in [0, 0.05) is 29.5 Å². The van der Waals surface area contributed by atoms with E-state index in [0.29, 0.717) is 11.5 Å². The second-order valence-electron chi connectivity index (χ2n) is 5.93. The number of benzene rings is 2. The molecule has 0 aliphatic rings. The average Bonchev–Trinajstić information content (AvgIpc) is 3.16. The number of anilines is 1. The molecule has 0 aliphatic carbocycles. The van der Waals surface area contributed by atoms with E-state index in [2.05, 4.69) is 10.4 Å².